The minimum absolute atomic E-state index is 0.278. The Kier molecular flexibility index (Phi) is 4.67. The molecule has 24 heavy (non-hydrogen) atoms. The highest BCUT2D eigenvalue weighted by Gasteiger charge is 2.10. The average Bonchev–Trinajstić information content (AvgIpc) is 2.63. The van der Waals surface area contributed by atoms with Gasteiger partial charge in [-0.05, 0) is 48.5 Å². The fourth-order valence-corrected chi connectivity index (χ4v) is 2.05. The number of anilines is 1. The zero-order valence-electron chi connectivity index (χ0n) is 13.0. The smallest absolute Gasteiger partial charge is 0.256 e. The van der Waals surface area contributed by atoms with Gasteiger partial charge in [-0.1, -0.05) is 0 Å². The number of carbonyl (C=O) groups is 1. The van der Waals surface area contributed by atoms with E-state index in [2.05, 4.69) is 15.3 Å². The molecule has 0 atom stereocenters. The maximum atomic E-state index is 12.3. The molecular formula is C18H15N3O3. The lowest BCUT2D eigenvalue weighted by Gasteiger charge is -2.09. The zero-order chi connectivity index (χ0) is 16.8. The van der Waals surface area contributed by atoms with Gasteiger partial charge in [0.1, 0.15) is 11.5 Å². The molecule has 0 bridgehead atoms. The van der Waals surface area contributed by atoms with Crippen molar-refractivity contribution in [2.45, 2.75) is 0 Å². The van der Waals surface area contributed by atoms with Crippen LogP contribution < -0.4 is 14.8 Å². The van der Waals surface area contributed by atoms with Crippen LogP contribution in [-0.4, -0.2) is 23.0 Å². The zero-order valence-corrected chi connectivity index (χ0v) is 13.0. The first-order valence-electron chi connectivity index (χ1n) is 7.24. The van der Waals surface area contributed by atoms with E-state index < -0.39 is 0 Å². The third-order valence-electron chi connectivity index (χ3n) is 3.21. The second-order valence-electron chi connectivity index (χ2n) is 4.82. The monoisotopic (exact) mass is 321 g/mol. The van der Waals surface area contributed by atoms with Gasteiger partial charge in [0.15, 0.2) is 11.6 Å². The molecule has 3 aromatic rings. The van der Waals surface area contributed by atoms with Gasteiger partial charge in [0.2, 0.25) is 0 Å². The first kappa shape index (κ1) is 15.5. The van der Waals surface area contributed by atoms with Crippen molar-refractivity contribution in [1.82, 2.24) is 9.97 Å². The summed E-state index contributed by atoms with van der Waals surface area (Å²) >= 11 is 0. The molecule has 0 spiro atoms. The van der Waals surface area contributed by atoms with Crippen LogP contribution >= 0.6 is 0 Å². The van der Waals surface area contributed by atoms with Gasteiger partial charge in [-0.25, -0.2) is 4.98 Å². The Bertz CT molecular complexity index is 820. The molecule has 0 fully saturated rings. The fourth-order valence-electron chi connectivity index (χ4n) is 2.05. The molecule has 0 aliphatic heterocycles. The predicted molar refractivity (Wildman–Crippen MR) is 89.5 cm³/mol. The molecule has 0 saturated carbocycles. The van der Waals surface area contributed by atoms with Crippen LogP contribution in [0, 0.1) is 0 Å². The lowest BCUT2D eigenvalue weighted by Crippen LogP contribution is -2.13. The Morgan fingerprint density at radius 2 is 1.79 bits per heavy atom. The summed E-state index contributed by atoms with van der Waals surface area (Å²) in [5, 5.41) is 2.72. The highest BCUT2D eigenvalue weighted by atomic mass is 16.5. The molecule has 2 heterocycles. The van der Waals surface area contributed by atoms with E-state index in [1.165, 1.54) is 7.11 Å². The van der Waals surface area contributed by atoms with E-state index in [1.54, 1.807) is 67.1 Å². The van der Waals surface area contributed by atoms with Gasteiger partial charge >= 0.3 is 0 Å². The summed E-state index contributed by atoms with van der Waals surface area (Å²) in [5.74, 6) is 1.85. The number of ether oxygens (including phenoxy) is 2. The van der Waals surface area contributed by atoms with Crippen molar-refractivity contribution in [2.75, 3.05) is 12.4 Å². The normalized spacial score (nSPS) is 10.0. The molecule has 1 N–H and O–H groups in total. The maximum absolute atomic E-state index is 12.3. The summed E-state index contributed by atoms with van der Waals surface area (Å²) in [7, 11) is 1.53. The maximum Gasteiger partial charge on any atom is 0.256 e. The quantitative estimate of drug-likeness (QED) is 0.778. The lowest BCUT2D eigenvalue weighted by molar-refractivity contribution is 0.102. The summed E-state index contributed by atoms with van der Waals surface area (Å²) in [4.78, 5) is 20.4. The number of methoxy groups -OCH3 is 1. The molecule has 0 aliphatic carbocycles. The molecule has 0 radical (unpaired) electrons. The summed E-state index contributed by atoms with van der Waals surface area (Å²) in [5.41, 5.74) is 0.487. The Hall–Kier alpha value is -3.41. The highest BCUT2D eigenvalue weighted by molar-refractivity contribution is 6.04. The van der Waals surface area contributed by atoms with Gasteiger partial charge in [0.25, 0.3) is 5.91 Å². The van der Waals surface area contributed by atoms with Crippen LogP contribution in [0.15, 0.2) is 67.1 Å². The van der Waals surface area contributed by atoms with Crippen LogP contribution in [0.3, 0.4) is 0 Å². The van der Waals surface area contributed by atoms with Crippen LogP contribution in [0.1, 0.15) is 10.4 Å². The predicted octanol–water partition coefficient (Wildman–Crippen LogP) is 3.53. The molecule has 1 aromatic carbocycles. The van der Waals surface area contributed by atoms with Crippen molar-refractivity contribution in [3.05, 3.63) is 72.7 Å². The molecule has 120 valence electrons. The third kappa shape index (κ3) is 3.67. The van der Waals surface area contributed by atoms with Crippen molar-refractivity contribution in [3.8, 4) is 17.2 Å². The molecule has 0 saturated heterocycles. The van der Waals surface area contributed by atoms with Crippen molar-refractivity contribution in [3.63, 3.8) is 0 Å². The van der Waals surface area contributed by atoms with E-state index >= 15 is 0 Å². The number of benzene rings is 1. The van der Waals surface area contributed by atoms with Gasteiger partial charge in [0, 0.05) is 18.0 Å². The fraction of sp³-hybridized carbons (Fsp3) is 0.0556. The van der Waals surface area contributed by atoms with Gasteiger partial charge in [-0.2, -0.15) is 0 Å². The van der Waals surface area contributed by atoms with Crippen LogP contribution in [0.4, 0.5) is 5.82 Å². The Labute approximate surface area is 139 Å². The van der Waals surface area contributed by atoms with Crippen molar-refractivity contribution in [1.29, 1.82) is 0 Å². The average molecular weight is 321 g/mol. The largest absolute Gasteiger partial charge is 0.493 e. The number of aromatic nitrogens is 2. The Morgan fingerprint density at radius 3 is 2.50 bits per heavy atom. The van der Waals surface area contributed by atoms with Gasteiger partial charge in [0.05, 0.1) is 13.3 Å². The van der Waals surface area contributed by atoms with E-state index in [4.69, 9.17) is 9.47 Å². The van der Waals surface area contributed by atoms with E-state index in [-0.39, 0.29) is 5.91 Å². The Balaban J connectivity index is 1.70. The summed E-state index contributed by atoms with van der Waals surface area (Å²) in [6, 6.07) is 13.9. The summed E-state index contributed by atoms with van der Waals surface area (Å²) in [6.07, 6.45) is 4.88. The summed E-state index contributed by atoms with van der Waals surface area (Å²) < 4.78 is 10.8. The molecular weight excluding hydrogens is 306 g/mol. The number of rotatable bonds is 5. The van der Waals surface area contributed by atoms with Crippen LogP contribution in [0.25, 0.3) is 0 Å². The molecule has 3 rings (SSSR count). The molecule has 0 aliphatic rings. The second-order valence-corrected chi connectivity index (χ2v) is 4.82. The Morgan fingerprint density at radius 1 is 1.00 bits per heavy atom. The van der Waals surface area contributed by atoms with E-state index in [0.29, 0.717) is 28.6 Å². The van der Waals surface area contributed by atoms with Crippen LogP contribution in [0.2, 0.25) is 0 Å². The van der Waals surface area contributed by atoms with Gasteiger partial charge in [-0.15, -0.1) is 0 Å². The van der Waals surface area contributed by atoms with Crippen molar-refractivity contribution >= 4 is 11.7 Å². The standard InChI is InChI=1S/C18H15N3O3/c1-23-16-5-3-11-20-17(16)21-18(22)13-6-8-14(9-7-13)24-15-4-2-10-19-12-15/h2-12H,1H3,(H,20,21,22). The van der Waals surface area contributed by atoms with Crippen molar-refractivity contribution in [2.24, 2.45) is 0 Å². The number of pyridine rings is 2. The van der Waals surface area contributed by atoms with Crippen LogP contribution in [-0.2, 0) is 0 Å². The van der Waals surface area contributed by atoms with Gasteiger partial charge < -0.3 is 14.8 Å². The van der Waals surface area contributed by atoms with E-state index in [9.17, 15) is 4.79 Å². The lowest BCUT2D eigenvalue weighted by atomic mass is 10.2. The van der Waals surface area contributed by atoms with Crippen LogP contribution in [0.5, 0.6) is 17.2 Å². The van der Waals surface area contributed by atoms with Gasteiger partial charge in [-0.3, -0.25) is 9.78 Å². The molecule has 1 amide bonds. The third-order valence-corrected chi connectivity index (χ3v) is 3.21. The first-order chi connectivity index (χ1) is 11.8. The molecule has 0 unspecified atom stereocenters. The minimum Gasteiger partial charge on any atom is -0.493 e. The van der Waals surface area contributed by atoms with E-state index in [1.807, 2.05) is 0 Å². The number of hydrogen-bond donors (Lipinski definition) is 1. The number of nitrogens with one attached hydrogen (secondary N) is 1. The topological polar surface area (TPSA) is 73.3 Å². The molecule has 2 aromatic heterocycles. The molecule has 6 heteroatoms. The SMILES string of the molecule is COc1cccnc1NC(=O)c1ccc(Oc2cccnc2)cc1. The summed E-state index contributed by atoms with van der Waals surface area (Å²) in [6.45, 7) is 0. The van der Waals surface area contributed by atoms with E-state index in [0.717, 1.165) is 0 Å². The number of amides is 1. The molecule has 6 nitrogen and oxygen atoms in total. The number of hydrogen-bond acceptors (Lipinski definition) is 5. The van der Waals surface area contributed by atoms with Crippen molar-refractivity contribution < 1.29 is 14.3 Å². The number of nitrogens with zero attached hydrogens (tertiary/aromatic N) is 2. The second kappa shape index (κ2) is 7.23. The highest BCUT2D eigenvalue weighted by Crippen LogP contribution is 2.23. The minimum atomic E-state index is -0.278. The first-order valence-corrected chi connectivity index (χ1v) is 7.24. The number of carbonyl (C=O) groups excluding carboxylic acids is 1.